The number of furan rings is 2. The van der Waals surface area contributed by atoms with Crippen molar-refractivity contribution in [3.05, 3.63) is 213 Å². The van der Waals surface area contributed by atoms with Crippen molar-refractivity contribution in [1.82, 2.24) is 15.0 Å². The number of benzene rings is 9. The second-order valence-electron chi connectivity index (χ2n) is 16.3. The Kier molecular flexibility index (Phi) is 8.15. The Morgan fingerprint density at radius 3 is 1.28 bits per heavy atom. The van der Waals surface area contributed by atoms with Crippen LogP contribution in [0.1, 0.15) is 0 Å². The highest BCUT2D eigenvalue weighted by atomic mass is 16.3. The normalized spacial score (nSPS) is 11.8. The van der Waals surface area contributed by atoms with Gasteiger partial charge in [-0.05, 0) is 128 Å². The Hall–Kier alpha value is -8.67. The molecule has 9 aromatic carbocycles. The zero-order chi connectivity index (χ0) is 42.1. The highest BCUT2D eigenvalue weighted by molar-refractivity contribution is 6.21. The minimum Gasteiger partial charge on any atom is -0.456 e. The van der Waals surface area contributed by atoms with Crippen LogP contribution in [0, 0.1) is 0 Å². The second kappa shape index (κ2) is 14.5. The quantitative estimate of drug-likeness (QED) is 0.156. The lowest BCUT2D eigenvalue weighted by molar-refractivity contribution is 0.668. The zero-order valence-electron chi connectivity index (χ0n) is 34.4. The number of nitrogens with zero attached hydrogens (tertiary/aromatic N) is 3. The van der Waals surface area contributed by atoms with Crippen molar-refractivity contribution in [2.75, 3.05) is 0 Å². The van der Waals surface area contributed by atoms with Gasteiger partial charge in [0, 0.05) is 50.6 Å². The number of fused-ring (bicyclic) bond motifs is 8. The molecule has 5 heteroatoms. The zero-order valence-corrected chi connectivity index (χ0v) is 34.4. The summed E-state index contributed by atoms with van der Waals surface area (Å²) in [5.74, 6) is 0.656. The average molecular weight is 818 g/mol. The molecule has 0 atom stereocenters. The summed E-state index contributed by atoms with van der Waals surface area (Å²) in [5, 5.41) is 8.88. The van der Waals surface area contributed by atoms with Gasteiger partial charge in [-0.15, -0.1) is 0 Å². The van der Waals surface area contributed by atoms with Crippen LogP contribution in [-0.4, -0.2) is 15.0 Å². The van der Waals surface area contributed by atoms with Gasteiger partial charge in [-0.25, -0.2) is 9.97 Å². The summed E-state index contributed by atoms with van der Waals surface area (Å²) in [6, 6.07) is 70.3. The summed E-state index contributed by atoms with van der Waals surface area (Å²) in [6.45, 7) is 0. The van der Waals surface area contributed by atoms with Gasteiger partial charge >= 0.3 is 0 Å². The molecular formula is C59H35N3O2. The maximum Gasteiger partial charge on any atom is 0.160 e. The molecule has 0 radical (unpaired) electrons. The number of rotatable bonds is 6. The molecule has 0 unspecified atom stereocenters. The third-order valence-electron chi connectivity index (χ3n) is 12.6. The smallest absolute Gasteiger partial charge is 0.160 e. The number of hydrogen-bond acceptors (Lipinski definition) is 5. The molecule has 298 valence electrons. The monoisotopic (exact) mass is 817 g/mol. The average Bonchev–Trinajstić information content (AvgIpc) is 3.93. The Morgan fingerprint density at radius 1 is 0.266 bits per heavy atom. The van der Waals surface area contributed by atoms with Gasteiger partial charge in [-0.2, -0.15) is 0 Å². The molecule has 4 heterocycles. The minimum absolute atomic E-state index is 0.656. The van der Waals surface area contributed by atoms with Gasteiger partial charge in [0.05, 0.1) is 11.4 Å². The van der Waals surface area contributed by atoms with Crippen molar-refractivity contribution in [1.29, 1.82) is 0 Å². The van der Waals surface area contributed by atoms with E-state index in [2.05, 4.69) is 163 Å². The Bertz CT molecular complexity index is 3770. The third kappa shape index (κ3) is 5.90. The molecule has 0 saturated heterocycles. The van der Waals surface area contributed by atoms with Crippen LogP contribution in [0.5, 0.6) is 0 Å². The number of hydrogen-bond donors (Lipinski definition) is 0. The molecule has 0 aliphatic rings. The lowest BCUT2D eigenvalue weighted by Crippen LogP contribution is -1.98. The Balaban J connectivity index is 1.08. The fraction of sp³-hybridized carbons (Fsp3) is 0. The van der Waals surface area contributed by atoms with Gasteiger partial charge < -0.3 is 8.83 Å². The van der Waals surface area contributed by atoms with Crippen molar-refractivity contribution in [2.24, 2.45) is 0 Å². The van der Waals surface area contributed by atoms with Crippen LogP contribution in [0.3, 0.4) is 0 Å². The summed E-state index contributed by atoms with van der Waals surface area (Å²) in [7, 11) is 0. The SMILES string of the molecule is c1ccc(-c2nc(-c3cc(-c4ccc5oc6ccccc6c5c4)cc(-c4ccc5oc6ccccc6c5c4)c3)cc(-c3c4ccccc4c(-c4ccncc4)c4ccccc34)n2)cc1. The molecule has 0 amide bonds. The lowest BCUT2D eigenvalue weighted by Gasteiger charge is -2.18. The summed E-state index contributed by atoms with van der Waals surface area (Å²) in [4.78, 5) is 15.2. The van der Waals surface area contributed by atoms with E-state index in [4.69, 9.17) is 18.8 Å². The summed E-state index contributed by atoms with van der Waals surface area (Å²) in [5.41, 5.74) is 14.7. The van der Waals surface area contributed by atoms with Crippen LogP contribution in [0.25, 0.3) is 133 Å². The summed E-state index contributed by atoms with van der Waals surface area (Å²) in [6.07, 6.45) is 3.73. The predicted molar refractivity (Wildman–Crippen MR) is 262 cm³/mol. The number of pyridine rings is 1. The van der Waals surface area contributed by atoms with Crippen molar-refractivity contribution in [3.8, 4) is 67.3 Å². The molecular weight excluding hydrogens is 783 g/mol. The molecule has 0 spiro atoms. The van der Waals surface area contributed by atoms with Crippen LogP contribution >= 0.6 is 0 Å². The minimum atomic E-state index is 0.656. The first-order valence-electron chi connectivity index (χ1n) is 21.5. The molecule has 5 nitrogen and oxygen atoms in total. The van der Waals surface area contributed by atoms with Crippen molar-refractivity contribution in [3.63, 3.8) is 0 Å². The topological polar surface area (TPSA) is 65.0 Å². The Morgan fingerprint density at radius 2 is 0.719 bits per heavy atom. The van der Waals surface area contributed by atoms with Crippen molar-refractivity contribution < 1.29 is 8.83 Å². The molecule has 13 aromatic rings. The van der Waals surface area contributed by atoms with E-state index in [-0.39, 0.29) is 0 Å². The number of aromatic nitrogens is 3. The third-order valence-corrected chi connectivity index (χ3v) is 12.6. The van der Waals surface area contributed by atoms with E-state index in [0.29, 0.717) is 5.82 Å². The van der Waals surface area contributed by atoms with Gasteiger partial charge in [-0.1, -0.05) is 127 Å². The first-order valence-corrected chi connectivity index (χ1v) is 21.5. The second-order valence-corrected chi connectivity index (χ2v) is 16.3. The summed E-state index contributed by atoms with van der Waals surface area (Å²) >= 11 is 0. The highest BCUT2D eigenvalue weighted by Crippen LogP contribution is 2.45. The van der Waals surface area contributed by atoms with E-state index < -0.39 is 0 Å². The van der Waals surface area contributed by atoms with Crippen LogP contribution in [0.15, 0.2) is 221 Å². The van der Waals surface area contributed by atoms with E-state index in [9.17, 15) is 0 Å². The van der Waals surface area contributed by atoms with Gasteiger partial charge in [0.25, 0.3) is 0 Å². The van der Waals surface area contributed by atoms with Crippen LogP contribution in [0.2, 0.25) is 0 Å². The predicted octanol–water partition coefficient (Wildman–Crippen LogP) is 16.0. The Labute approximate surface area is 367 Å². The first kappa shape index (κ1) is 36.0. The van der Waals surface area contributed by atoms with Gasteiger partial charge in [0.15, 0.2) is 5.82 Å². The molecule has 0 aliphatic heterocycles. The molecule has 0 N–H and O–H groups in total. The molecule has 13 rings (SSSR count). The first-order chi connectivity index (χ1) is 31.7. The maximum atomic E-state index is 6.27. The summed E-state index contributed by atoms with van der Waals surface area (Å²) < 4.78 is 12.5. The van der Waals surface area contributed by atoms with Crippen molar-refractivity contribution >= 4 is 65.4 Å². The van der Waals surface area contributed by atoms with Gasteiger partial charge in [-0.3, -0.25) is 4.98 Å². The van der Waals surface area contributed by atoms with Gasteiger partial charge in [0.1, 0.15) is 22.3 Å². The number of para-hydroxylation sites is 2. The maximum absolute atomic E-state index is 6.27. The van der Waals surface area contributed by atoms with E-state index >= 15 is 0 Å². The largest absolute Gasteiger partial charge is 0.456 e. The fourth-order valence-electron chi connectivity index (χ4n) is 9.59. The van der Waals surface area contributed by atoms with Gasteiger partial charge in [0.2, 0.25) is 0 Å². The molecule has 4 aromatic heterocycles. The van der Waals surface area contributed by atoms with E-state index in [1.807, 2.05) is 54.9 Å². The van der Waals surface area contributed by atoms with E-state index in [1.165, 1.54) is 5.56 Å². The highest BCUT2D eigenvalue weighted by Gasteiger charge is 2.21. The molecule has 64 heavy (non-hydrogen) atoms. The molecule has 0 bridgehead atoms. The van der Waals surface area contributed by atoms with Crippen LogP contribution < -0.4 is 0 Å². The van der Waals surface area contributed by atoms with Crippen LogP contribution in [-0.2, 0) is 0 Å². The lowest BCUT2D eigenvalue weighted by atomic mass is 9.87. The fourth-order valence-corrected chi connectivity index (χ4v) is 9.59. The molecule has 0 saturated carbocycles. The van der Waals surface area contributed by atoms with E-state index in [0.717, 1.165) is 121 Å². The van der Waals surface area contributed by atoms with Crippen molar-refractivity contribution in [2.45, 2.75) is 0 Å². The van der Waals surface area contributed by atoms with E-state index in [1.54, 1.807) is 0 Å². The van der Waals surface area contributed by atoms with Crippen LogP contribution in [0.4, 0.5) is 0 Å². The molecule has 0 aliphatic carbocycles. The standard InChI is InChI=1S/C59H35N3O2/c1-2-12-37(13-3-1)59-61-51(35-52(62-59)58-47-18-6-4-16-45(47)57(36-26-28-60-29-27-36)46-17-5-7-19-48(46)58)42-31-40(38-22-24-55-49(33-38)43-14-8-10-20-53(43)63-55)30-41(32-42)39-23-25-56-50(34-39)44-15-9-11-21-54(44)64-56/h1-35H. The molecule has 0 fully saturated rings.